The van der Waals surface area contributed by atoms with Crippen molar-refractivity contribution in [3.05, 3.63) is 457 Å². The summed E-state index contributed by atoms with van der Waals surface area (Å²) in [5.41, 5.74) is 33.3. The molecule has 4 aliphatic rings. The highest BCUT2D eigenvalue weighted by atomic mass is 16.3. The molecule has 4 heterocycles. The van der Waals surface area contributed by atoms with E-state index in [0.29, 0.717) is 0 Å². The first-order valence-electron chi connectivity index (χ1n) is 39.3. The lowest BCUT2D eigenvalue weighted by molar-refractivity contribution is 0.667. The molecule has 0 amide bonds. The summed E-state index contributed by atoms with van der Waals surface area (Å²) in [7, 11) is 0. The Morgan fingerprint density at radius 1 is 0.193 bits per heavy atom. The number of hydrogen-bond donors (Lipinski definition) is 0. The predicted octanol–water partition coefficient (Wildman–Crippen LogP) is 29.2. The van der Waals surface area contributed by atoms with E-state index >= 15 is 0 Å². The van der Waals surface area contributed by atoms with Crippen LogP contribution in [-0.2, 0) is 10.8 Å². The van der Waals surface area contributed by atoms with Gasteiger partial charge in [0.25, 0.3) is 0 Å². The van der Waals surface area contributed by atoms with E-state index in [-0.39, 0.29) is 0 Å². The maximum atomic E-state index is 8.00. The highest BCUT2D eigenvalue weighted by Gasteiger charge is 2.54. The number of fused-ring (bicyclic) bond motifs is 27. The van der Waals surface area contributed by atoms with Crippen LogP contribution in [0.2, 0.25) is 0 Å². The van der Waals surface area contributed by atoms with Crippen LogP contribution in [-0.4, -0.2) is 0 Å². The SMILES string of the molecule is c1ccc(-c2ccc(N(c3ccccc3)c3ccc4c(c3)oc3c(N5c6ccccc6C6(c7ccccc7-c7ccccc76)c6ccccc65)cc5c(cc(N6c7ccccc7C7(c8ccccc8-c8ccccc87)c7ccccc76)c6oc7cc(N(c8ccccc8)c8ccc(-c9ccccc9)cc8)ccc7c65)c34)cc2)cc1. The van der Waals surface area contributed by atoms with Gasteiger partial charge in [-0.2, -0.15) is 0 Å². The van der Waals surface area contributed by atoms with E-state index in [9.17, 15) is 0 Å². The summed E-state index contributed by atoms with van der Waals surface area (Å²) in [6.07, 6.45) is 0. The van der Waals surface area contributed by atoms with Gasteiger partial charge >= 0.3 is 0 Å². The van der Waals surface area contributed by atoms with Crippen LogP contribution in [0.3, 0.4) is 0 Å². The minimum atomic E-state index is -0.656. The maximum absolute atomic E-state index is 8.00. The van der Waals surface area contributed by atoms with Gasteiger partial charge in [0.2, 0.25) is 0 Å². The van der Waals surface area contributed by atoms with Gasteiger partial charge in [0.1, 0.15) is 11.2 Å². The van der Waals surface area contributed by atoms with E-state index < -0.39 is 10.8 Å². The topological polar surface area (TPSA) is 39.2 Å². The van der Waals surface area contributed by atoms with Gasteiger partial charge in [0, 0.05) is 67.8 Å². The minimum absolute atomic E-state index is 0.656. The van der Waals surface area contributed by atoms with E-state index in [0.717, 1.165) is 134 Å². The molecule has 24 rings (SSSR count). The number of nitrogens with zero attached hydrogens (tertiary/aromatic N) is 4. The smallest absolute Gasteiger partial charge is 0.160 e. The first-order valence-corrected chi connectivity index (χ1v) is 39.3. The largest absolute Gasteiger partial charge is 0.454 e. The van der Waals surface area contributed by atoms with E-state index in [2.05, 4.69) is 432 Å². The molecule has 2 aliphatic carbocycles. The number of anilines is 12. The van der Waals surface area contributed by atoms with Gasteiger partial charge in [-0.05, 0) is 209 Å². The molecule has 2 aromatic heterocycles. The number of benzene rings is 18. The summed E-state index contributed by atoms with van der Waals surface area (Å²) in [5, 5.41) is 6.00. The van der Waals surface area contributed by atoms with Crippen LogP contribution >= 0.6 is 0 Å². The zero-order valence-corrected chi connectivity index (χ0v) is 61.9. The average molecular weight is 1450 g/mol. The Hall–Kier alpha value is -15.0. The van der Waals surface area contributed by atoms with Crippen LogP contribution in [0.5, 0.6) is 0 Å². The summed E-state index contributed by atoms with van der Waals surface area (Å²) in [5.74, 6) is 0. The van der Waals surface area contributed by atoms with Crippen LogP contribution in [0.1, 0.15) is 44.5 Å². The maximum Gasteiger partial charge on any atom is 0.160 e. The predicted molar refractivity (Wildman–Crippen MR) is 470 cm³/mol. The van der Waals surface area contributed by atoms with Crippen LogP contribution in [0.25, 0.3) is 99.2 Å². The van der Waals surface area contributed by atoms with Gasteiger partial charge in [-0.1, -0.05) is 291 Å². The van der Waals surface area contributed by atoms with Gasteiger partial charge < -0.3 is 28.4 Å². The Morgan fingerprint density at radius 3 is 0.772 bits per heavy atom. The fourth-order valence-corrected chi connectivity index (χ4v) is 20.2. The van der Waals surface area contributed by atoms with Crippen molar-refractivity contribution >= 4 is 123 Å². The van der Waals surface area contributed by atoms with Gasteiger partial charge in [0.05, 0.1) is 45.0 Å². The van der Waals surface area contributed by atoms with Crippen LogP contribution in [0, 0.1) is 0 Å². The third-order valence-electron chi connectivity index (χ3n) is 24.8. The molecule has 0 unspecified atom stereocenters. The number of hydrogen-bond acceptors (Lipinski definition) is 6. The molecule has 0 N–H and O–H groups in total. The standard InChI is InChI=1S/C108H68N4O2/c1-5-29-69(30-6-1)71-53-57-75(58-54-71)109(73-33-9-3-10-34-73)77-61-63-83-101(65-77)113-105-99(111-95-49-25-21-45-91(95)107(92-46-22-26-50-96(92)111)87-41-17-13-37-79(87)80-38-14-18-42-88(80)107)68-86-85(103(83)105)67-100(112-97-51-27-23-47-93(97)108(94-48-24-28-52-98(94)112)89-43-19-15-39-81(89)82-40-16-20-44-90(82)108)106-104(86)84-64-62-78(66-102(84)114-106)110(74-35-11-4-12-36-74)76-59-55-72(56-60-76)70-31-7-2-8-32-70/h1-68H. The molecule has 2 spiro atoms. The van der Waals surface area contributed by atoms with Crippen LogP contribution < -0.4 is 19.6 Å². The van der Waals surface area contributed by atoms with Crippen molar-refractivity contribution in [1.29, 1.82) is 0 Å². The van der Waals surface area contributed by atoms with Crippen molar-refractivity contribution in [1.82, 2.24) is 0 Å². The molecule has 18 aromatic carbocycles. The minimum Gasteiger partial charge on any atom is -0.454 e. The summed E-state index contributed by atoms with van der Waals surface area (Å²) < 4.78 is 16.0. The molecule has 2 aliphatic heterocycles. The van der Waals surface area contributed by atoms with Crippen LogP contribution in [0.15, 0.2) is 421 Å². The Morgan fingerprint density at radius 2 is 0.447 bits per heavy atom. The van der Waals surface area contributed by atoms with E-state index in [1.165, 1.54) is 77.9 Å². The Balaban J connectivity index is 0.813. The quantitative estimate of drug-likeness (QED) is 0.136. The van der Waals surface area contributed by atoms with Crippen molar-refractivity contribution in [2.24, 2.45) is 0 Å². The highest BCUT2D eigenvalue weighted by molar-refractivity contribution is 6.33. The Labute approximate surface area is 659 Å². The summed E-state index contributed by atoms with van der Waals surface area (Å²) in [6.45, 7) is 0. The third kappa shape index (κ3) is 9.01. The molecule has 532 valence electrons. The molecule has 20 aromatic rings. The van der Waals surface area contributed by atoms with E-state index in [1.54, 1.807) is 0 Å². The fourth-order valence-electron chi connectivity index (χ4n) is 20.2. The first kappa shape index (κ1) is 63.9. The number of rotatable bonds is 10. The lowest BCUT2D eigenvalue weighted by Crippen LogP contribution is -2.36. The molecule has 0 saturated carbocycles. The first-order chi connectivity index (χ1) is 56.6. The third-order valence-corrected chi connectivity index (χ3v) is 24.8. The molecular formula is C108H68N4O2. The second-order valence-corrected chi connectivity index (χ2v) is 30.4. The summed E-state index contributed by atoms with van der Waals surface area (Å²) >= 11 is 0. The van der Waals surface area contributed by atoms with E-state index in [1.807, 2.05) is 0 Å². The number of para-hydroxylation sites is 6. The van der Waals surface area contributed by atoms with Crippen molar-refractivity contribution in [2.45, 2.75) is 10.8 Å². The van der Waals surface area contributed by atoms with E-state index in [4.69, 9.17) is 8.83 Å². The molecule has 0 saturated heterocycles. The zero-order chi connectivity index (χ0) is 74.7. The van der Waals surface area contributed by atoms with Crippen molar-refractivity contribution in [2.75, 3.05) is 19.6 Å². The molecule has 6 nitrogen and oxygen atoms in total. The van der Waals surface area contributed by atoms with Gasteiger partial charge in [-0.15, -0.1) is 0 Å². The summed E-state index contributed by atoms with van der Waals surface area (Å²) in [4.78, 5) is 9.73. The molecule has 0 fully saturated rings. The molecule has 0 atom stereocenters. The lowest BCUT2D eigenvalue weighted by Gasteiger charge is -2.45. The molecule has 0 bridgehead atoms. The summed E-state index contributed by atoms with van der Waals surface area (Å²) in [6, 6.07) is 152. The lowest BCUT2D eigenvalue weighted by atomic mass is 9.64. The fraction of sp³-hybridized carbons (Fsp3) is 0.0185. The van der Waals surface area contributed by atoms with Crippen LogP contribution in [0.4, 0.5) is 68.2 Å². The second kappa shape index (κ2) is 24.8. The van der Waals surface area contributed by atoms with Gasteiger partial charge in [-0.25, -0.2) is 0 Å². The van der Waals surface area contributed by atoms with Gasteiger partial charge in [0.15, 0.2) is 11.2 Å². The van der Waals surface area contributed by atoms with Crippen molar-refractivity contribution < 1.29 is 8.83 Å². The van der Waals surface area contributed by atoms with Crippen molar-refractivity contribution in [3.8, 4) is 44.5 Å². The monoisotopic (exact) mass is 1450 g/mol. The Kier molecular flexibility index (Phi) is 13.9. The average Bonchev–Trinajstić information content (AvgIpc) is 1.43. The second-order valence-electron chi connectivity index (χ2n) is 30.4. The van der Waals surface area contributed by atoms with Crippen molar-refractivity contribution in [3.63, 3.8) is 0 Å². The Bertz CT molecular complexity index is 6680. The molecular weight excluding hydrogens is 1390 g/mol. The van der Waals surface area contributed by atoms with Gasteiger partial charge in [-0.3, -0.25) is 0 Å². The normalized spacial score (nSPS) is 13.5. The molecule has 0 radical (unpaired) electrons. The molecule has 6 heteroatoms. The highest BCUT2D eigenvalue weighted by Crippen LogP contribution is 2.67. The molecule has 114 heavy (non-hydrogen) atoms. The number of furan rings is 2. The zero-order valence-electron chi connectivity index (χ0n) is 61.9.